The van der Waals surface area contributed by atoms with Crippen LogP contribution in [0.1, 0.15) is 44.1 Å². The molecule has 16 heavy (non-hydrogen) atoms. The lowest BCUT2D eigenvalue weighted by atomic mass is 10.1. The van der Waals surface area contributed by atoms with Gasteiger partial charge in [-0.05, 0) is 30.3 Å². The van der Waals surface area contributed by atoms with Crippen LogP contribution in [0.3, 0.4) is 0 Å². The Balaban J connectivity index is 1.79. The number of nitrogens with zero attached hydrogens (tertiary/aromatic N) is 1. The molecule has 0 unspecified atom stereocenters. The van der Waals surface area contributed by atoms with E-state index < -0.39 is 0 Å². The van der Waals surface area contributed by atoms with Crippen LogP contribution in [-0.4, -0.2) is 22.7 Å². The van der Waals surface area contributed by atoms with Crippen molar-refractivity contribution >= 4 is 11.8 Å². The standard InChI is InChI=1S/C12H20N2OS/c1-9(2)12-7-11(15-14-12)8-13-10-3-5-16-6-4-10/h7,9-10,13H,3-6,8H2,1-2H3. The second-order valence-corrected chi connectivity index (χ2v) is 5.87. The molecule has 4 heteroatoms. The molecule has 1 fully saturated rings. The molecule has 2 rings (SSSR count). The average molecular weight is 240 g/mol. The van der Waals surface area contributed by atoms with E-state index in [1.807, 2.05) is 0 Å². The number of hydrogen-bond donors (Lipinski definition) is 1. The lowest BCUT2D eigenvalue weighted by molar-refractivity contribution is 0.352. The summed E-state index contributed by atoms with van der Waals surface area (Å²) in [5, 5.41) is 7.60. The molecule has 0 aliphatic carbocycles. The molecule has 90 valence electrons. The Labute approximate surface area is 101 Å². The third kappa shape index (κ3) is 3.25. The number of aromatic nitrogens is 1. The van der Waals surface area contributed by atoms with Crippen molar-refractivity contribution in [3.63, 3.8) is 0 Å². The predicted octanol–water partition coefficient (Wildman–Crippen LogP) is 2.78. The molecule has 1 aromatic rings. The summed E-state index contributed by atoms with van der Waals surface area (Å²) in [5.74, 6) is 3.97. The van der Waals surface area contributed by atoms with E-state index in [4.69, 9.17) is 4.52 Å². The van der Waals surface area contributed by atoms with Crippen molar-refractivity contribution in [2.24, 2.45) is 0 Å². The van der Waals surface area contributed by atoms with Gasteiger partial charge in [-0.2, -0.15) is 11.8 Å². The predicted molar refractivity (Wildman–Crippen MR) is 67.8 cm³/mol. The van der Waals surface area contributed by atoms with E-state index in [2.05, 4.69) is 42.1 Å². The van der Waals surface area contributed by atoms with Crippen molar-refractivity contribution in [3.8, 4) is 0 Å². The first-order valence-corrected chi connectivity index (χ1v) is 7.18. The van der Waals surface area contributed by atoms with Crippen LogP contribution in [0, 0.1) is 0 Å². The first-order chi connectivity index (χ1) is 7.75. The van der Waals surface area contributed by atoms with Gasteiger partial charge in [0.15, 0.2) is 5.76 Å². The van der Waals surface area contributed by atoms with Gasteiger partial charge in [-0.15, -0.1) is 0 Å². The summed E-state index contributed by atoms with van der Waals surface area (Å²) in [6.45, 7) is 5.08. The van der Waals surface area contributed by atoms with E-state index in [1.54, 1.807) is 0 Å². The van der Waals surface area contributed by atoms with Crippen LogP contribution in [0.4, 0.5) is 0 Å². The van der Waals surface area contributed by atoms with Crippen LogP contribution in [0.15, 0.2) is 10.6 Å². The Morgan fingerprint density at radius 2 is 2.25 bits per heavy atom. The van der Waals surface area contributed by atoms with Gasteiger partial charge in [0, 0.05) is 12.1 Å². The fourth-order valence-electron chi connectivity index (χ4n) is 1.83. The zero-order chi connectivity index (χ0) is 11.4. The summed E-state index contributed by atoms with van der Waals surface area (Å²) >= 11 is 2.05. The third-order valence-corrected chi connectivity index (χ3v) is 4.00. The molecule has 0 spiro atoms. The number of thioether (sulfide) groups is 1. The van der Waals surface area contributed by atoms with Gasteiger partial charge in [0.1, 0.15) is 0 Å². The molecular formula is C12H20N2OS. The summed E-state index contributed by atoms with van der Waals surface area (Å²) < 4.78 is 5.30. The molecule has 1 aromatic heterocycles. The maximum absolute atomic E-state index is 5.30. The maximum atomic E-state index is 5.30. The van der Waals surface area contributed by atoms with Gasteiger partial charge in [-0.25, -0.2) is 0 Å². The molecular weight excluding hydrogens is 220 g/mol. The Hall–Kier alpha value is -0.480. The van der Waals surface area contributed by atoms with Crippen molar-refractivity contribution in [1.82, 2.24) is 10.5 Å². The highest BCUT2D eigenvalue weighted by molar-refractivity contribution is 7.99. The van der Waals surface area contributed by atoms with Crippen LogP contribution in [0.5, 0.6) is 0 Å². The molecule has 0 radical (unpaired) electrons. The monoisotopic (exact) mass is 240 g/mol. The third-order valence-electron chi connectivity index (χ3n) is 2.95. The quantitative estimate of drug-likeness (QED) is 0.878. The Morgan fingerprint density at radius 3 is 2.88 bits per heavy atom. The van der Waals surface area contributed by atoms with Crippen LogP contribution in [-0.2, 0) is 6.54 Å². The number of hydrogen-bond acceptors (Lipinski definition) is 4. The van der Waals surface area contributed by atoms with Crippen LogP contribution < -0.4 is 5.32 Å². The largest absolute Gasteiger partial charge is 0.360 e. The van der Waals surface area contributed by atoms with Crippen molar-refractivity contribution in [3.05, 3.63) is 17.5 Å². The summed E-state index contributed by atoms with van der Waals surface area (Å²) in [6.07, 6.45) is 2.55. The fourth-order valence-corrected chi connectivity index (χ4v) is 2.94. The van der Waals surface area contributed by atoms with Crippen LogP contribution in [0.25, 0.3) is 0 Å². The molecule has 0 amide bonds. The minimum Gasteiger partial charge on any atom is -0.360 e. The van der Waals surface area contributed by atoms with E-state index in [1.165, 1.54) is 24.3 Å². The summed E-state index contributed by atoms with van der Waals surface area (Å²) in [4.78, 5) is 0. The van der Waals surface area contributed by atoms with Gasteiger partial charge < -0.3 is 9.84 Å². The normalized spacial score (nSPS) is 18.2. The van der Waals surface area contributed by atoms with Gasteiger partial charge in [0.2, 0.25) is 0 Å². The van der Waals surface area contributed by atoms with Gasteiger partial charge in [-0.1, -0.05) is 19.0 Å². The van der Waals surface area contributed by atoms with Crippen LogP contribution in [0.2, 0.25) is 0 Å². The summed E-state index contributed by atoms with van der Waals surface area (Å²) in [6, 6.07) is 2.73. The van der Waals surface area contributed by atoms with E-state index in [9.17, 15) is 0 Å². The van der Waals surface area contributed by atoms with Gasteiger partial charge >= 0.3 is 0 Å². The van der Waals surface area contributed by atoms with Gasteiger partial charge in [-0.3, -0.25) is 0 Å². The topological polar surface area (TPSA) is 38.1 Å². The van der Waals surface area contributed by atoms with E-state index in [0.29, 0.717) is 12.0 Å². The van der Waals surface area contributed by atoms with Crippen molar-refractivity contribution in [1.29, 1.82) is 0 Å². The molecule has 0 atom stereocenters. The number of rotatable bonds is 4. The lowest BCUT2D eigenvalue weighted by Gasteiger charge is -2.21. The zero-order valence-electron chi connectivity index (χ0n) is 10.0. The molecule has 2 heterocycles. The number of nitrogens with one attached hydrogen (secondary N) is 1. The molecule has 3 nitrogen and oxygen atoms in total. The van der Waals surface area contributed by atoms with Gasteiger partial charge in [0.05, 0.1) is 12.2 Å². The maximum Gasteiger partial charge on any atom is 0.150 e. The molecule has 1 aliphatic heterocycles. The highest BCUT2D eigenvalue weighted by Gasteiger charge is 2.14. The highest BCUT2D eigenvalue weighted by atomic mass is 32.2. The highest BCUT2D eigenvalue weighted by Crippen LogP contribution is 2.18. The first-order valence-electron chi connectivity index (χ1n) is 6.02. The SMILES string of the molecule is CC(C)c1cc(CNC2CCSCC2)on1. The second-order valence-electron chi connectivity index (χ2n) is 4.64. The summed E-state index contributed by atoms with van der Waals surface area (Å²) in [7, 11) is 0. The second kappa shape index (κ2) is 5.73. The average Bonchev–Trinajstić information content (AvgIpc) is 2.76. The first kappa shape index (κ1) is 12.0. The van der Waals surface area contributed by atoms with E-state index >= 15 is 0 Å². The van der Waals surface area contributed by atoms with E-state index in [-0.39, 0.29) is 0 Å². The summed E-state index contributed by atoms with van der Waals surface area (Å²) in [5.41, 5.74) is 1.05. The lowest BCUT2D eigenvalue weighted by Crippen LogP contribution is -2.31. The Kier molecular flexibility index (Phi) is 4.29. The Morgan fingerprint density at radius 1 is 1.50 bits per heavy atom. The smallest absolute Gasteiger partial charge is 0.150 e. The molecule has 0 aromatic carbocycles. The molecule has 0 saturated carbocycles. The van der Waals surface area contributed by atoms with E-state index in [0.717, 1.165) is 18.0 Å². The molecule has 0 bridgehead atoms. The van der Waals surface area contributed by atoms with Crippen molar-refractivity contribution < 1.29 is 4.52 Å². The minimum atomic E-state index is 0.448. The van der Waals surface area contributed by atoms with Crippen LogP contribution >= 0.6 is 11.8 Å². The molecule has 1 N–H and O–H groups in total. The van der Waals surface area contributed by atoms with Crippen molar-refractivity contribution in [2.45, 2.75) is 45.2 Å². The zero-order valence-corrected chi connectivity index (χ0v) is 10.8. The molecule has 1 aliphatic rings. The molecule has 1 saturated heterocycles. The minimum absolute atomic E-state index is 0.448. The van der Waals surface area contributed by atoms with Crippen molar-refractivity contribution in [2.75, 3.05) is 11.5 Å². The van der Waals surface area contributed by atoms with Gasteiger partial charge in [0.25, 0.3) is 0 Å². The fraction of sp³-hybridized carbons (Fsp3) is 0.750. The Bertz CT molecular complexity index is 319.